The van der Waals surface area contributed by atoms with Crippen LogP contribution in [-0.4, -0.2) is 43.0 Å². The van der Waals surface area contributed by atoms with Crippen molar-refractivity contribution in [2.24, 2.45) is 0 Å². The van der Waals surface area contributed by atoms with Crippen LogP contribution in [0.4, 0.5) is 0 Å². The van der Waals surface area contributed by atoms with Crippen LogP contribution >= 0.6 is 23.2 Å². The molecule has 3 rings (SSSR count). The maximum Gasteiger partial charge on any atom is 0.253 e. The summed E-state index contributed by atoms with van der Waals surface area (Å²) in [6, 6.07) is 11.9. The highest BCUT2D eigenvalue weighted by Gasteiger charge is 2.25. The van der Waals surface area contributed by atoms with Crippen molar-refractivity contribution in [2.45, 2.75) is 18.9 Å². The van der Waals surface area contributed by atoms with Gasteiger partial charge in [-0.2, -0.15) is 0 Å². The lowest BCUT2D eigenvalue weighted by atomic mass is 10.0. The van der Waals surface area contributed by atoms with E-state index in [1.165, 1.54) is 0 Å². The third kappa shape index (κ3) is 4.73. The number of nitrogens with one attached hydrogen (secondary N) is 1. The smallest absolute Gasteiger partial charge is 0.253 e. The summed E-state index contributed by atoms with van der Waals surface area (Å²) in [6.45, 7) is 1.19. The quantitative estimate of drug-likeness (QED) is 0.833. The first-order valence-corrected chi connectivity index (χ1v) is 9.43. The van der Waals surface area contributed by atoms with Gasteiger partial charge < -0.3 is 15.0 Å². The minimum absolute atomic E-state index is 0.00749. The lowest BCUT2D eigenvalue weighted by Crippen LogP contribution is -2.46. The Bertz CT molecular complexity index is 832. The van der Waals surface area contributed by atoms with Crippen LogP contribution in [0.1, 0.15) is 33.6 Å². The highest BCUT2D eigenvalue weighted by molar-refractivity contribution is 6.42. The average Bonchev–Trinajstić information content (AvgIpc) is 2.70. The van der Waals surface area contributed by atoms with Crippen LogP contribution in [0.15, 0.2) is 42.5 Å². The van der Waals surface area contributed by atoms with E-state index in [2.05, 4.69) is 5.32 Å². The molecular formula is C20H20Cl2N2O3. The Kier molecular flexibility index (Phi) is 6.24. The van der Waals surface area contributed by atoms with Crippen LogP contribution < -0.4 is 10.1 Å². The van der Waals surface area contributed by atoms with Crippen molar-refractivity contribution in [3.8, 4) is 5.75 Å². The summed E-state index contributed by atoms with van der Waals surface area (Å²) in [6.07, 6.45) is 1.41. The summed E-state index contributed by atoms with van der Waals surface area (Å²) in [7, 11) is 1.59. The van der Waals surface area contributed by atoms with E-state index in [9.17, 15) is 9.59 Å². The Morgan fingerprint density at radius 1 is 1.00 bits per heavy atom. The molecule has 1 saturated heterocycles. The molecule has 1 aliphatic heterocycles. The van der Waals surface area contributed by atoms with Gasteiger partial charge in [0.05, 0.1) is 17.2 Å². The van der Waals surface area contributed by atoms with Gasteiger partial charge in [0.15, 0.2) is 0 Å². The van der Waals surface area contributed by atoms with Crippen molar-refractivity contribution in [1.29, 1.82) is 0 Å². The number of carbonyl (C=O) groups excluding carboxylic acids is 2. The predicted octanol–water partition coefficient (Wildman–Crippen LogP) is 4.04. The number of halogens is 2. The van der Waals surface area contributed by atoms with E-state index in [0.29, 0.717) is 47.1 Å². The normalized spacial score (nSPS) is 14.7. The van der Waals surface area contributed by atoms with Gasteiger partial charge >= 0.3 is 0 Å². The van der Waals surface area contributed by atoms with Gasteiger partial charge in [-0.1, -0.05) is 23.2 Å². The number of methoxy groups -OCH3 is 1. The molecule has 2 aromatic rings. The molecule has 0 unspecified atom stereocenters. The van der Waals surface area contributed by atoms with E-state index in [-0.39, 0.29) is 17.9 Å². The first kappa shape index (κ1) is 19.5. The molecule has 1 aliphatic rings. The van der Waals surface area contributed by atoms with Gasteiger partial charge in [0, 0.05) is 30.3 Å². The molecule has 0 bridgehead atoms. The van der Waals surface area contributed by atoms with Crippen LogP contribution in [0.2, 0.25) is 10.0 Å². The average molecular weight is 407 g/mol. The van der Waals surface area contributed by atoms with Gasteiger partial charge in [0.25, 0.3) is 11.8 Å². The summed E-state index contributed by atoms with van der Waals surface area (Å²) in [5, 5.41) is 3.77. The Balaban J connectivity index is 1.54. The molecule has 0 radical (unpaired) electrons. The van der Waals surface area contributed by atoms with Crippen LogP contribution in [0.3, 0.4) is 0 Å². The minimum atomic E-state index is -0.187. The first-order chi connectivity index (χ1) is 13.0. The van der Waals surface area contributed by atoms with Gasteiger partial charge in [-0.15, -0.1) is 0 Å². The van der Waals surface area contributed by atoms with Gasteiger partial charge in [-0.05, 0) is 55.3 Å². The van der Waals surface area contributed by atoms with E-state index < -0.39 is 0 Å². The predicted molar refractivity (Wildman–Crippen MR) is 106 cm³/mol. The molecule has 2 aromatic carbocycles. The number of likely N-dealkylation sites (tertiary alicyclic amines) is 1. The van der Waals surface area contributed by atoms with E-state index >= 15 is 0 Å². The molecule has 1 N–H and O–H groups in total. The number of benzene rings is 2. The van der Waals surface area contributed by atoms with Gasteiger partial charge in [0.2, 0.25) is 0 Å². The molecule has 7 heteroatoms. The van der Waals surface area contributed by atoms with Crippen LogP contribution in [0.5, 0.6) is 5.75 Å². The number of ether oxygens (including phenoxy) is 1. The third-order valence-electron chi connectivity index (χ3n) is 4.64. The first-order valence-electron chi connectivity index (χ1n) is 8.67. The fourth-order valence-electron chi connectivity index (χ4n) is 3.05. The number of rotatable bonds is 4. The highest BCUT2D eigenvalue weighted by Crippen LogP contribution is 2.23. The SMILES string of the molecule is COc1ccc(C(=O)N2CCC(NC(=O)c3ccc(Cl)c(Cl)c3)CC2)cc1. The van der Waals surface area contributed by atoms with Crippen molar-refractivity contribution < 1.29 is 14.3 Å². The zero-order valence-electron chi connectivity index (χ0n) is 14.9. The molecule has 0 spiro atoms. The summed E-state index contributed by atoms with van der Waals surface area (Å²) in [5.41, 5.74) is 1.11. The Hall–Kier alpha value is -2.24. The van der Waals surface area contributed by atoms with E-state index in [1.807, 2.05) is 4.90 Å². The Labute approximate surface area is 168 Å². The van der Waals surface area contributed by atoms with Crippen LogP contribution in [0.25, 0.3) is 0 Å². The number of amides is 2. The zero-order valence-corrected chi connectivity index (χ0v) is 16.4. The number of carbonyl (C=O) groups is 2. The molecule has 5 nitrogen and oxygen atoms in total. The standard InChI is InChI=1S/C20H20Cl2N2O3/c1-27-16-5-2-13(3-6-16)20(26)24-10-8-15(9-11-24)23-19(25)14-4-7-17(21)18(22)12-14/h2-7,12,15H,8-11H2,1H3,(H,23,25). The molecule has 0 aromatic heterocycles. The maximum atomic E-state index is 12.6. The lowest BCUT2D eigenvalue weighted by Gasteiger charge is -2.32. The summed E-state index contributed by atoms with van der Waals surface area (Å²) in [5.74, 6) is 0.524. The molecule has 0 aliphatic carbocycles. The van der Waals surface area contributed by atoms with Crippen LogP contribution in [0, 0.1) is 0 Å². The van der Waals surface area contributed by atoms with E-state index in [4.69, 9.17) is 27.9 Å². The molecule has 0 saturated carbocycles. The zero-order chi connectivity index (χ0) is 19.4. The largest absolute Gasteiger partial charge is 0.497 e. The van der Waals surface area contributed by atoms with Gasteiger partial charge in [-0.3, -0.25) is 9.59 Å². The molecule has 142 valence electrons. The Morgan fingerprint density at radius 2 is 1.63 bits per heavy atom. The van der Waals surface area contributed by atoms with Crippen molar-refractivity contribution in [1.82, 2.24) is 10.2 Å². The third-order valence-corrected chi connectivity index (χ3v) is 5.38. The van der Waals surface area contributed by atoms with Gasteiger partial charge in [-0.25, -0.2) is 0 Å². The summed E-state index contributed by atoms with van der Waals surface area (Å²) < 4.78 is 5.12. The molecule has 1 heterocycles. The summed E-state index contributed by atoms with van der Waals surface area (Å²) in [4.78, 5) is 26.8. The monoisotopic (exact) mass is 406 g/mol. The van der Waals surface area contributed by atoms with Gasteiger partial charge in [0.1, 0.15) is 5.75 Å². The van der Waals surface area contributed by atoms with E-state index in [1.54, 1.807) is 49.6 Å². The fraction of sp³-hybridized carbons (Fsp3) is 0.300. The second kappa shape index (κ2) is 8.63. The van der Waals surface area contributed by atoms with Crippen molar-refractivity contribution in [3.05, 3.63) is 63.6 Å². The van der Waals surface area contributed by atoms with Crippen molar-refractivity contribution >= 4 is 35.0 Å². The number of piperidine rings is 1. The fourth-order valence-corrected chi connectivity index (χ4v) is 3.35. The molecule has 2 amide bonds. The number of nitrogens with zero attached hydrogens (tertiary/aromatic N) is 1. The minimum Gasteiger partial charge on any atom is -0.497 e. The molecule has 27 heavy (non-hydrogen) atoms. The number of hydrogen-bond donors (Lipinski definition) is 1. The lowest BCUT2D eigenvalue weighted by molar-refractivity contribution is 0.0698. The molecule has 0 atom stereocenters. The second-order valence-electron chi connectivity index (χ2n) is 6.40. The number of hydrogen-bond acceptors (Lipinski definition) is 3. The molecule has 1 fully saturated rings. The highest BCUT2D eigenvalue weighted by atomic mass is 35.5. The second-order valence-corrected chi connectivity index (χ2v) is 7.21. The van der Waals surface area contributed by atoms with Crippen LogP contribution in [-0.2, 0) is 0 Å². The van der Waals surface area contributed by atoms with Crippen molar-refractivity contribution in [3.63, 3.8) is 0 Å². The van der Waals surface area contributed by atoms with E-state index in [0.717, 1.165) is 5.75 Å². The summed E-state index contributed by atoms with van der Waals surface area (Å²) >= 11 is 11.9. The molecular weight excluding hydrogens is 387 g/mol. The van der Waals surface area contributed by atoms with Crippen molar-refractivity contribution in [2.75, 3.05) is 20.2 Å². The maximum absolute atomic E-state index is 12.6. The topological polar surface area (TPSA) is 58.6 Å². The Morgan fingerprint density at radius 3 is 2.22 bits per heavy atom.